The Kier molecular flexibility index (Phi) is 6.66. The van der Waals surface area contributed by atoms with Crippen molar-refractivity contribution in [2.45, 2.75) is 51.4 Å². The standard InChI is InChI=1S/C27H31NO4/c1-27(2,3)32-26(29)28-15-13-24(23-14-16-30-19-23)25(17-28)31-18-20-9-11-22(12-10-20)21-7-5-4-6-8-21/h4-12,14,16,19,24-25H,13,15,17-18H2,1-3H3/t24-,25+/m1/s1. The zero-order valence-corrected chi connectivity index (χ0v) is 19.0. The van der Waals surface area contributed by atoms with Crippen molar-refractivity contribution >= 4 is 6.09 Å². The highest BCUT2D eigenvalue weighted by atomic mass is 16.6. The van der Waals surface area contributed by atoms with Gasteiger partial charge in [-0.05, 0) is 55.5 Å². The summed E-state index contributed by atoms with van der Waals surface area (Å²) in [6.45, 7) is 7.27. The number of carbonyl (C=O) groups excluding carboxylic acids is 1. The molecular formula is C27H31NO4. The van der Waals surface area contributed by atoms with E-state index in [0.29, 0.717) is 19.7 Å². The molecule has 3 aromatic rings. The van der Waals surface area contributed by atoms with Crippen LogP contribution in [-0.2, 0) is 16.1 Å². The minimum Gasteiger partial charge on any atom is -0.472 e. The van der Waals surface area contributed by atoms with Crippen LogP contribution in [0.4, 0.5) is 4.79 Å². The van der Waals surface area contributed by atoms with Gasteiger partial charge in [-0.1, -0.05) is 54.6 Å². The van der Waals surface area contributed by atoms with Crippen molar-refractivity contribution < 1.29 is 18.7 Å². The molecule has 1 aliphatic heterocycles. The topological polar surface area (TPSA) is 51.9 Å². The van der Waals surface area contributed by atoms with Crippen LogP contribution < -0.4 is 0 Å². The summed E-state index contributed by atoms with van der Waals surface area (Å²) in [6.07, 6.45) is 3.84. The molecule has 1 fully saturated rings. The summed E-state index contributed by atoms with van der Waals surface area (Å²) in [4.78, 5) is 14.4. The summed E-state index contributed by atoms with van der Waals surface area (Å²) in [6, 6.07) is 20.7. The number of ether oxygens (including phenoxy) is 2. The van der Waals surface area contributed by atoms with Gasteiger partial charge in [0.15, 0.2) is 0 Å². The second-order valence-corrected chi connectivity index (χ2v) is 9.29. The zero-order valence-electron chi connectivity index (χ0n) is 19.0. The van der Waals surface area contributed by atoms with E-state index in [9.17, 15) is 4.79 Å². The summed E-state index contributed by atoms with van der Waals surface area (Å²) in [5.41, 5.74) is 4.07. The second kappa shape index (κ2) is 9.61. The molecule has 168 valence electrons. The van der Waals surface area contributed by atoms with Crippen LogP contribution in [0.5, 0.6) is 0 Å². The number of hydrogen-bond acceptors (Lipinski definition) is 4. The van der Waals surface area contributed by atoms with Gasteiger partial charge in [0.25, 0.3) is 0 Å². The van der Waals surface area contributed by atoms with E-state index in [2.05, 4.69) is 36.4 Å². The number of rotatable bonds is 5. The second-order valence-electron chi connectivity index (χ2n) is 9.29. The monoisotopic (exact) mass is 433 g/mol. The third-order valence-electron chi connectivity index (χ3n) is 5.71. The Labute approximate surface area is 189 Å². The Morgan fingerprint density at radius 3 is 2.41 bits per heavy atom. The van der Waals surface area contributed by atoms with Crippen molar-refractivity contribution in [2.24, 2.45) is 0 Å². The highest BCUT2D eigenvalue weighted by Crippen LogP contribution is 2.32. The molecule has 2 atom stereocenters. The van der Waals surface area contributed by atoms with Gasteiger partial charge in [-0.15, -0.1) is 0 Å². The number of benzene rings is 2. The van der Waals surface area contributed by atoms with Crippen LogP contribution in [0.15, 0.2) is 77.6 Å². The molecule has 5 nitrogen and oxygen atoms in total. The molecule has 0 radical (unpaired) electrons. The van der Waals surface area contributed by atoms with Gasteiger partial charge in [-0.3, -0.25) is 0 Å². The Morgan fingerprint density at radius 1 is 1.03 bits per heavy atom. The van der Waals surface area contributed by atoms with Gasteiger partial charge in [-0.2, -0.15) is 0 Å². The van der Waals surface area contributed by atoms with E-state index < -0.39 is 5.60 Å². The van der Waals surface area contributed by atoms with E-state index in [1.54, 1.807) is 17.4 Å². The first kappa shape index (κ1) is 22.2. The maximum atomic E-state index is 12.6. The summed E-state index contributed by atoms with van der Waals surface area (Å²) in [5.74, 6) is 0.177. The molecule has 0 saturated carbocycles. The number of likely N-dealkylation sites (tertiary alicyclic amines) is 1. The SMILES string of the molecule is CC(C)(C)OC(=O)N1CC[C@H](c2ccoc2)[C@@H](OCc2ccc(-c3ccccc3)cc2)C1. The molecule has 1 aliphatic rings. The summed E-state index contributed by atoms with van der Waals surface area (Å²) in [7, 11) is 0. The van der Waals surface area contributed by atoms with Crippen LogP contribution in [0.1, 0.15) is 44.2 Å². The van der Waals surface area contributed by atoms with Crippen molar-refractivity contribution in [3.8, 4) is 11.1 Å². The number of furan rings is 1. The number of hydrogen-bond donors (Lipinski definition) is 0. The van der Waals surface area contributed by atoms with E-state index in [1.807, 2.05) is 45.0 Å². The predicted octanol–water partition coefficient (Wildman–Crippen LogP) is 6.26. The van der Waals surface area contributed by atoms with Gasteiger partial charge in [0, 0.05) is 12.5 Å². The van der Waals surface area contributed by atoms with Crippen molar-refractivity contribution in [1.29, 1.82) is 0 Å². The normalized spacial score (nSPS) is 19.0. The Morgan fingerprint density at radius 2 is 1.75 bits per heavy atom. The van der Waals surface area contributed by atoms with Gasteiger partial charge in [-0.25, -0.2) is 4.79 Å². The highest BCUT2D eigenvalue weighted by Gasteiger charge is 2.35. The van der Waals surface area contributed by atoms with Crippen molar-refractivity contribution in [1.82, 2.24) is 4.90 Å². The zero-order chi connectivity index (χ0) is 22.6. The lowest BCUT2D eigenvalue weighted by atomic mass is 9.88. The quantitative estimate of drug-likeness (QED) is 0.477. The lowest BCUT2D eigenvalue weighted by Gasteiger charge is -2.38. The molecule has 0 aliphatic carbocycles. The molecule has 2 aromatic carbocycles. The lowest BCUT2D eigenvalue weighted by molar-refractivity contribution is -0.0360. The average molecular weight is 434 g/mol. The first-order chi connectivity index (χ1) is 15.4. The van der Waals surface area contributed by atoms with E-state index in [1.165, 1.54) is 11.1 Å². The number of carbonyl (C=O) groups is 1. The predicted molar refractivity (Wildman–Crippen MR) is 124 cm³/mol. The Bertz CT molecular complexity index is 990. The van der Waals surface area contributed by atoms with Crippen LogP contribution in [0.25, 0.3) is 11.1 Å². The molecule has 1 amide bonds. The Balaban J connectivity index is 1.44. The van der Waals surface area contributed by atoms with Crippen LogP contribution in [0.2, 0.25) is 0 Å². The van der Waals surface area contributed by atoms with Crippen LogP contribution in [0.3, 0.4) is 0 Å². The fourth-order valence-corrected chi connectivity index (χ4v) is 4.07. The average Bonchev–Trinajstić information content (AvgIpc) is 3.32. The van der Waals surface area contributed by atoms with E-state index in [0.717, 1.165) is 17.5 Å². The number of piperidine rings is 1. The van der Waals surface area contributed by atoms with E-state index >= 15 is 0 Å². The third kappa shape index (κ3) is 5.60. The molecule has 0 N–H and O–H groups in total. The van der Waals surface area contributed by atoms with Gasteiger partial charge < -0.3 is 18.8 Å². The maximum Gasteiger partial charge on any atom is 0.410 e. The smallest absolute Gasteiger partial charge is 0.410 e. The van der Waals surface area contributed by atoms with Crippen LogP contribution in [0, 0.1) is 0 Å². The first-order valence-corrected chi connectivity index (χ1v) is 11.1. The maximum absolute atomic E-state index is 12.6. The fourth-order valence-electron chi connectivity index (χ4n) is 4.07. The van der Waals surface area contributed by atoms with Crippen molar-refractivity contribution in [3.05, 3.63) is 84.3 Å². The lowest BCUT2D eigenvalue weighted by Crippen LogP contribution is -2.48. The summed E-state index contributed by atoms with van der Waals surface area (Å²) >= 11 is 0. The van der Waals surface area contributed by atoms with E-state index in [-0.39, 0.29) is 18.1 Å². The minimum atomic E-state index is -0.519. The largest absolute Gasteiger partial charge is 0.472 e. The van der Waals surface area contributed by atoms with E-state index in [4.69, 9.17) is 13.9 Å². The number of amides is 1. The van der Waals surface area contributed by atoms with Crippen LogP contribution in [-0.4, -0.2) is 35.8 Å². The van der Waals surface area contributed by atoms with Gasteiger partial charge in [0.2, 0.25) is 0 Å². The molecule has 1 saturated heterocycles. The number of nitrogens with zero attached hydrogens (tertiary/aromatic N) is 1. The van der Waals surface area contributed by atoms with Crippen molar-refractivity contribution in [2.75, 3.05) is 13.1 Å². The Hall–Kier alpha value is -3.05. The molecule has 4 rings (SSSR count). The summed E-state index contributed by atoms with van der Waals surface area (Å²) < 4.78 is 17.3. The minimum absolute atomic E-state index is 0.136. The molecule has 2 heterocycles. The molecule has 0 bridgehead atoms. The molecule has 0 unspecified atom stereocenters. The highest BCUT2D eigenvalue weighted by molar-refractivity contribution is 5.68. The van der Waals surface area contributed by atoms with Gasteiger partial charge in [0.05, 0.1) is 31.8 Å². The van der Waals surface area contributed by atoms with Crippen LogP contribution >= 0.6 is 0 Å². The first-order valence-electron chi connectivity index (χ1n) is 11.1. The molecule has 5 heteroatoms. The molecule has 32 heavy (non-hydrogen) atoms. The molecule has 0 spiro atoms. The third-order valence-corrected chi connectivity index (χ3v) is 5.71. The molecular weight excluding hydrogens is 402 g/mol. The fraction of sp³-hybridized carbons (Fsp3) is 0.370. The van der Waals surface area contributed by atoms with Gasteiger partial charge in [0.1, 0.15) is 5.60 Å². The summed E-state index contributed by atoms with van der Waals surface area (Å²) in [5, 5.41) is 0. The molecule has 1 aromatic heterocycles. The van der Waals surface area contributed by atoms with Gasteiger partial charge >= 0.3 is 6.09 Å². The van der Waals surface area contributed by atoms with Crippen molar-refractivity contribution in [3.63, 3.8) is 0 Å².